The molecule has 3 aromatic carbocycles. The first kappa shape index (κ1) is 18.4. The van der Waals surface area contributed by atoms with Gasteiger partial charge in [-0.2, -0.15) is 0 Å². The number of nitrogens with zero attached hydrogens (tertiary/aromatic N) is 1. The molecule has 0 bridgehead atoms. The van der Waals surface area contributed by atoms with Gasteiger partial charge in [0.25, 0.3) is 5.91 Å². The Labute approximate surface area is 159 Å². The van der Waals surface area contributed by atoms with Gasteiger partial charge in [0.15, 0.2) is 12.9 Å². The molecule has 4 heteroatoms. The van der Waals surface area contributed by atoms with Gasteiger partial charge in [-0.3, -0.25) is 9.59 Å². The largest absolute Gasteiger partial charge is 0.483 e. The van der Waals surface area contributed by atoms with E-state index >= 15 is 0 Å². The Bertz CT molecular complexity index is 837. The molecule has 0 atom stereocenters. The molecular formula is C23H21NO3. The molecule has 0 unspecified atom stereocenters. The number of aldehydes is 1. The number of ether oxygens (including phenoxy) is 1. The van der Waals surface area contributed by atoms with Crippen molar-refractivity contribution in [3.63, 3.8) is 0 Å². The van der Waals surface area contributed by atoms with Crippen molar-refractivity contribution >= 4 is 12.2 Å². The highest BCUT2D eigenvalue weighted by Gasteiger charge is 2.16. The topological polar surface area (TPSA) is 46.6 Å². The van der Waals surface area contributed by atoms with Crippen molar-refractivity contribution in [1.82, 2.24) is 4.90 Å². The van der Waals surface area contributed by atoms with Crippen molar-refractivity contribution in [2.75, 3.05) is 6.61 Å². The molecule has 3 rings (SSSR count). The minimum atomic E-state index is -0.136. The van der Waals surface area contributed by atoms with E-state index in [0.29, 0.717) is 24.4 Å². The zero-order valence-corrected chi connectivity index (χ0v) is 15.0. The zero-order valence-electron chi connectivity index (χ0n) is 15.0. The van der Waals surface area contributed by atoms with E-state index in [1.165, 1.54) is 0 Å². The second-order valence-corrected chi connectivity index (χ2v) is 6.17. The summed E-state index contributed by atoms with van der Waals surface area (Å²) in [5.74, 6) is 0.281. The lowest BCUT2D eigenvalue weighted by molar-refractivity contribution is -0.134. The van der Waals surface area contributed by atoms with Crippen LogP contribution >= 0.6 is 0 Å². The monoisotopic (exact) mass is 359 g/mol. The third kappa shape index (κ3) is 5.28. The molecule has 0 saturated carbocycles. The smallest absolute Gasteiger partial charge is 0.261 e. The summed E-state index contributed by atoms with van der Waals surface area (Å²) in [6.45, 7) is 0.866. The normalized spacial score (nSPS) is 10.2. The zero-order chi connectivity index (χ0) is 18.9. The van der Waals surface area contributed by atoms with Gasteiger partial charge in [0.05, 0.1) is 5.56 Å². The van der Waals surface area contributed by atoms with Crippen LogP contribution in [0, 0.1) is 0 Å². The molecule has 0 N–H and O–H groups in total. The first-order valence-corrected chi connectivity index (χ1v) is 8.79. The third-order valence-electron chi connectivity index (χ3n) is 4.18. The summed E-state index contributed by atoms with van der Waals surface area (Å²) < 4.78 is 5.62. The Hall–Kier alpha value is -3.40. The second-order valence-electron chi connectivity index (χ2n) is 6.17. The van der Waals surface area contributed by atoms with Gasteiger partial charge in [-0.1, -0.05) is 72.8 Å². The van der Waals surface area contributed by atoms with E-state index in [1.807, 2.05) is 60.7 Å². The molecule has 0 fully saturated rings. The minimum absolute atomic E-state index is 0.121. The van der Waals surface area contributed by atoms with Crippen LogP contribution in [0.5, 0.6) is 5.75 Å². The summed E-state index contributed by atoms with van der Waals surface area (Å²) in [6, 6.07) is 26.6. The Morgan fingerprint density at radius 2 is 1.30 bits per heavy atom. The predicted octanol–water partition coefficient (Wildman–Crippen LogP) is 4.11. The predicted molar refractivity (Wildman–Crippen MR) is 104 cm³/mol. The van der Waals surface area contributed by atoms with Crippen LogP contribution in [0.15, 0.2) is 84.9 Å². The van der Waals surface area contributed by atoms with E-state index < -0.39 is 0 Å². The molecule has 1 amide bonds. The third-order valence-corrected chi connectivity index (χ3v) is 4.18. The highest BCUT2D eigenvalue weighted by molar-refractivity contribution is 5.80. The van der Waals surface area contributed by atoms with Gasteiger partial charge in [-0.05, 0) is 23.3 Å². The Balaban J connectivity index is 1.72. The standard InChI is InChI=1S/C23H21NO3/c25-17-21-13-7-8-14-22(21)27-18-23(26)24(15-19-9-3-1-4-10-19)16-20-11-5-2-6-12-20/h1-14,17H,15-16,18H2. The van der Waals surface area contributed by atoms with Crippen LogP contribution in [0.1, 0.15) is 21.5 Å². The van der Waals surface area contributed by atoms with Crippen molar-refractivity contribution in [2.45, 2.75) is 13.1 Å². The number of carbonyl (C=O) groups is 2. The van der Waals surface area contributed by atoms with Crippen LogP contribution in [0.2, 0.25) is 0 Å². The lowest BCUT2D eigenvalue weighted by Crippen LogP contribution is -2.34. The molecule has 4 nitrogen and oxygen atoms in total. The number of rotatable bonds is 8. The average molecular weight is 359 g/mol. The van der Waals surface area contributed by atoms with Crippen LogP contribution in [-0.2, 0) is 17.9 Å². The Kier molecular flexibility index (Phi) is 6.36. The first-order valence-electron chi connectivity index (χ1n) is 8.79. The maximum absolute atomic E-state index is 12.8. The van der Waals surface area contributed by atoms with Crippen molar-refractivity contribution in [3.05, 3.63) is 102 Å². The minimum Gasteiger partial charge on any atom is -0.483 e. The summed E-state index contributed by atoms with van der Waals surface area (Å²) in [5, 5.41) is 0. The quantitative estimate of drug-likeness (QED) is 0.569. The summed E-state index contributed by atoms with van der Waals surface area (Å²) in [4.78, 5) is 25.7. The number of benzene rings is 3. The lowest BCUT2D eigenvalue weighted by atomic mass is 10.1. The first-order chi connectivity index (χ1) is 13.3. The molecule has 0 heterocycles. The number of carbonyl (C=O) groups excluding carboxylic acids is 2. The van der Waals surface area contributed by atoms with E-state index in [0.717, 1.165) is 17.4 Å². The van der Waals surface area contributed by atoms with Crippen molar-refractivity contribution in [2.24, 2.45) is 0 Å². The van der Waals surface area contributed by atoms with E-state index in [2.05, 4.69) is 0 Å². The maximum atomic E-state index is 12.8. The number of hydrogen-bond acceptors (Lipinski definition) is 3. The fourth-order valence-corrected chi connectivity index (χ4v) is 2.78. The summed E-state index contributed by atoms with van der Waals surface area (Å²) >= 11 is 0. The van der Waals surface area contributed by atoms with Crippen LogP contribution in [0.3, 0.4) is 0 Å². The summed E-state index contributed by atoms with van der Waals surface area (Å²) in [7, 11) is 0. The van der Waals surface area contributed by atoms with Gasteiger partial charge >= 0.3 is 0 Å². The number of para-hydroxylation sites is 1. The van der Waals surface area contributed by atoms with Crippen molar-refractivity contribution < 1.29 is 14.3 Å². The fourth-order valence-electron chi connectivity index (χ4n) is 2.78. The van der Waals surface area contributed by atoms with Gasteiger partial charge in [-0.15, -0.1) is 0 Å². The fraction of sp³-hybridized carbons (Fsp3) is 0.130. The molecule has 0 aliphatic carbocycles. The molecule has 0 aromatic heterocycles. The lowest BCUT2D eigenvalue weighted by Gasteiger charge is -2.23. The second kappa shape index (κ2) is 9.34. The van der Waals surface area contributed by atoms with Crippen LogP contribution in [0.25, 0.3) is 0 Å². The molecule has 136 valence electrons. The van der Waals surface area contributed by atoms with Gasteiger partial charge in [0.1, 0.15) is 5.75 Å². The average Bonchev–Trinajstić information content (AvgIpc) is 2.73. The molecule has 0 aliphatic heterocycles. The molecule has 0 saturated heterocycles. The van der Waals surface area contributed by atoms with Crippen LogP contribution in [0.4, 0.5) is 0 Å². The van der Waals surface area contributed by atoms with Gasteiger partial charge < -0.3 is 9.64 Å². The Morgan fingerprint density at radius 1 is 0.778 bits per heavy atom. The molecule has 0 radical (unpaired) electrons. The molecule has 0 aliphatic rings. The molecule has 27 heavy (non-hydrogen) atoms. The van der Waals surface area contributed by atoms with Crippen molar-refractivity contribution in [3.8, 4) is 5.75 Å². The molecule has 0 spiro atoms. The maximum Gasteiger partial charge on any atom is 0.261 e. The molecule has 3 aromatic rings. The molecular weight excluding hydrogens is 338 g/mol. The van der Waals surface area contributed by atoms with Crippen LogP contribution < -0.4 is 4.74 Å². The van der Waals surface area contributed by atoms with Gasteiger partial charge in [-0.25, -0.2) is 0 Å². The number of hydrogen-bond donors (Lipinski definition) is 0. The van der Waals surface area contributed by atoms with Crippen molar-refractivity contribution in [1.29, 1.82) is 0 Å². The summed E-state index contributed by atoms with van der Waals surface area (Å²) in [6.07, 6.45) is 0.728. The highest BCUT2D eigenvalue weighted by Crippen LogP contribution is 2.16. The summed E-state index contributed by atoms with van der Waals surface area (Å²) in [5.41, 5.74) is 2.54. The SMILES string of the molecule is O=Cc1ccccc1OCC(=O)N(Cc1ccccc1)Cc1ccccc1. The van der Waals surface area contributed by atoms with E-state index in [1.54, 1.807) is 29.2 Å². The highest BCUT2D eigenvalue weighted by atomic mass is 16.5. The van der Waals surface area contributed by atoms with E-state index in [9.17, 15) is 9.59 Å². The van der Waals surface area contributed by atoms with Gasteiger partial charge in [0.2, 0.25) is 0 Å². The number of amides is 1. The van der Waals surface area contributed by atoms with E-state index in [4.69, 9.17) is 4.74 Å². The van der Waals surface area contributed by atoms with Crippen LogP contribution in [-0.4, -0.2) is 23.7 Å². The van der Waals surface area contributed by atoms with Gasteiger partial charge in [0, 0.05) is 13.1 Å². The Morgan fingerprint density at radius 3 is 1.85 bits per heavy atom. The van der Waals surface area contributed by atoms with E-state index in [-0.39, 0.29) is 12.5 Å².